The predicted octanol–water partition coefficient (Wildman–Crippen LogP) is 6.64. The van der Waals surface area contributed by atoms with Crippen LogP contribution in [0, 0.1) is 5.92 Å². The van der Waals surface area contributed by atoms with Crippen molar-refractivity contribution in [3.05, 3.63) is 48.5 Å². The average molecular weight is 584 g/mol. The first-order valence-corrected chi connectivity index (χ1v) is 19.8. The van der Waals surface area contributed by atoms with Gasteiger partial charge < -0.3 is 18.9 Å². The molecule has 1 aliphatic heterocycles. The van der Waals surface area contributed by atoms with Crippen LogP contribution in [-0.4, -0.2) is 61.4 Å². The molecule has 3 aromatic rings. The van der Waals surface area contributed by atoms with Gasteiger partial charge in [-0.05, 0) is 48.4 Å². The Balaban J connectivity index is 1.57. The number of nitrogens with zero attached hydrogens (tertiary/aromatic N) is 4. The summed E-state index contributed by atoms with van der Waals surface area (Å²) in [5.74, 6) is 0.177. The first kappa shape index (κ1) is 30.5. The SMILES string of the molecule is CC(C)(C)[Si](C)(C)OC[C@H]1[C@H](n2cnc3c(NC(=O)c4ccccc4)ncnc32)O[C@@H]1CO[Si](C)(C)C(C)(C)C. The number of carbonyl (C=O) groups is 1. The lowest BCUT2D eigenvalue weighted by Gasteiger charge is -2.48. The number of carbonyl (C=O) groups excluding carboxylic acids is 1. The van der Waals surface area contributed by atoms with E-state index in [4.69, 9.17) is 13.6 Å². The molecule has 218 valence electrons. The van der Waals surface area contributed by atoms with E-state index in [-0.39, 0.29) is 34.2 Å². The molecule has 0 radical (unpaired) electrons. The minimum Gasteiger partial charge on any atom is -0.416 e. The molecule has 40 heavy (non-hydrogen) atoms. The third kappa shape index (κ3) is 6.23. The van der Waals surface area contributed by atoms with Crippen LogP contribution in [0.3, 0.4) is 0 Å². The van der Waals surface area contributed by atoms with E-state index in [0.717, 1.165) is 0 Å². The Kier molecular flexibility index (Phi) is 8.46. The Morgan fingerprint density at radius 3 is 2.12 bits per heavy atom. The van der Waals surface area contributed by atoms with E-state index >= 15 is 0 Å². The van der Waals surface area contributed by atoms with Crippen LogP contribution >= 0.6 is 0 Å². The Morgan fingerprint density at radius 2 is 1.52 bits per heavy atom. The number of anilines is 1. The van der Waals surface area contributed by atoms with Crippen molar-refractivity contribution in [2.24, 2.45) is 5.92 Å². The van der Waals surface area contributed by atoms with E-state index in [1.807, 2.05) is 22.8 Å². The molecule has 1 aliphatic rings. The fourth-order valence-corrected chi connectivity index (χ4v) is 6.08. The van der Waals surface area contributed by atoms with Gasteiger partial charge in [0.05, 0.1) is 25.0 Å². The number of imidazole rings is 1. The molecule has 3 atom stereocenters. The fourth-order valence-electron chi connectivity index (χ4n) is 4.03. The average Bonchev–Trinajstić information content (AvgIpc) is 3.27. The second-order valence-electron chi connectivity index (χ2n) is 13.7. The Labute approximate surface area is 240 Å². The Bertz CT molecular complexity index is 1330. The van der Waals surface area contributed by atoms with Gasteiger partial charge in [-0.15, -0.1) is 0 Å². The van der Waals surface area contributed by atoms with Gasteiger partial charge in [0.2, 0.25) is 0 Å². The lowest BCUT2D eigenvalue weighted by atomic mass is 9.95. The number of aromatic nitrogens is 4. The number of ether oxygens (including phenoxy) is 1. The molecule has 0 spiro atoms. The highest BCUT2D eigenvalue weighted by molar-refractivity contribution is 6.74. The zero-order chi connectivity index (χ0) is 29.5. The number of hydrogen-bond donors (Lipinski definition) is 1. The molecular formula is C29H45N5O4Si2. The standard InChI is InChI=1S/C29H45N5O4Si2/c1-28(2,3)39(7,8)36-16-21-22(17-37-40(9,10)29(4,5)6)38-27(21)34-19-32-23-24(30-18-31-25(23)34)33-26(35)20-14-12-11-13-15-20/h11-15,18-19,21-22,27H,16-17H2,1-10H3,(H,30,31,33,35)/t21-,22-,27-/m1/s1. The second kappa shape index (κ2) is 11.1. The summed E-state index contributed by atoms with van der Waals surface area (Å²) in [6.45, 7) is 23.6. The molecule has 4 rings (SSSR count). The maximum atomic E-state index is 12.8. The number of nitrogens with one attached hydrogen (secondary N) is 1. The molecule has 1 amide bonds. The zero-order valence-corrected chi connectivity index (χ0v) is 27.6. The first-order valence-electron chi connectivity index (χ1n) is 14.0. The molecule has 1 N–H and O–H groups in total. The molecule has 1 saturated heterocycles. The summed E-state index contributed by atoms with van der Waals surface area (Å²) in [5.41, 5.74) is 1.66. The normalized spacial score (nSPS) is 20.4. The summed E-state index contributed by atoms with van der Waals surface area (Å²) < 4.78 is 21.6. The molecule has 1 fully saturated rings. The summed E-state index contributed by atoms with van der Waals surface area (Å²) in [6, 6.07) is 9.03. The topological polar surface area (TPSA) is 100 Å². The van der Waals surface area contributed by atoms with Crippen LogP contribution in [0.4, 0.5) is 5.82 Å². The van der Waals surface area contributed by atoms with Crippen molar-refractivity contribution in [1.29, 1.82) is 0 Å². The monoisotopic (exact) mass is 583 g/mol. The molecule has 0 saturated carbocycles. The third-order valence-corrected chi connectivity index (χ3v) is 17.9. The van der Waals surface area contributed by atoms with Crippen LogP contribution in [0.1, 0.15) is 58.1 Å². The van der Waals surface area contributed by atoms with Crippen molar-refractivity contribution >= 4 is 39.5 Å². The Hall–Kier alpha value is -2.45. The van der Waals surface area contributed by atoms with Crippen molar-refractivity contribution in [1.82, 2.24) is 19.5 Å². The summed E-state index contributed by atoms with van der Waals surface area (Å²) in [4.78, 5) is 26.2. The number of rotatable bonds is 9. The van der Waals surface area contributed by atoms with Crippen LogP contribution < -0.4 is 5.32 Å². The smallest absolute Gasteiger partial charge is 0.256 e. The molecule has 0 unspecified atom stereocenters. The molecule has 3 heterocycles. The van der Waals surface area contributed by atoms with Gasteiger partial charge in [-0.1, -0.05) is 59.7 Å². The van der Waals surface area contributed by atoms with Gasteiger partial charge in [0, 0.05) is 12.2 Å². The van der Waals surface area contributed by atoms with Crippen LogP contribution in [0.2, 0.25) is 36.3 Å². The van der Waals surface area contributed by atoms with Crippen LogP contribution in [0.15, 0.2) is 43.0 Å². The minimum atomic E-state index is -1.98. The summed E-state index contributed by atoms with van der Waals surface area (Å²) in [6.07, 6.45) is 2.75. The molecule has 0 aliphatic carbocycles. The summed E-state index contributed by atoms with van der Waals surface area (Å²) in [7, 11) is -3.93. The highest BCUT2D eigenvalue weighted by Gasteiger charge is 2.48. The summed E-state index contributed by atoms with van der Waals surface area (Å²) in [5, 5.41) is 3.09. The maximum absolute atomic E-state index is 12.8. The number of hydrogen-bond acceptors (Lipinski definition) is 7. The van der Waals surface area contributed by atoms with Crippen molar-refractivity contribution < 1.29 is 18.4 Å². The van der Waals surface area contributed by atoms with E-state index in [0.29, 0.717) is 35.8 Å². The highest BCUT2D eigenvalue weighted by atomic mass is 28.4. The van der Waals surface area contributed by atoms with Crippen LogP contribution in [-0.2, 0) is 13.6 Å². The molecule has 11 heteroatoms. The van der Waals surface area contributed by atoms with Crippen molar-refractivity contribution in [2.45, 2.75) is 90.1 Å². The molecular weight excluding hydrogens is 539 g/mol. The highest BCUT2D eigenvalue weighted by Crippen LogP contribution is 2.44. The van der Waals surface area contributed by atoms with Gasteiger partial charge in [-0.2, -0.15) is 0 Å². The van der Waals surface area contributed by atoms with Gasteiger partial charge in [0.25, 0.3) is 5.91 Å². The van der Waals surface area contributed by atoms with Crippen LogP contribution in [0.5, 0.6) is 0 Å². The molecule has 9 nitrogen and oxygen atoms in total. The van der Waals surface area contributed by atoms with Gasteiger partial charge >= 0.3 is 0 Å². The summed E-state index contributed by atoms with van der Waals surface area (Å²) >= 11 is 0. The van der Waals surface area contributed by atoms with E-state index in [1.54, 1.807) is 18.5 Å². The van der Waals surface area contributed by atoms with E-state index in [2.05, 4.69) is 88.0 Å². The van der Waals surface area contributed by atoms with Crippen molar-refractivity contribution in [3.8, 4) is 0 Å². The lowest BCUT2D eigenvalue weighted by Crippen LogP contribution is -2.54. The Morgan fingerprint density at radius 1 is 0.925 bits per heavy atom. The fraction of sp³-hybridized carbons (Fsp3) is 0.586. The van der Waals surface area contributed by atoms with Gasteiger partial charge in [0.15, 0.2) is 33.6 Å². The maximum Gasteiger partial charge on any atom is 0.256 e. The van der Waals surface area contributed by atoms with E-state index < -0.39 is 16.6 Å². The van der Waals surface area contributed by atoms with Crippen LogP contribution in [0.25, 0.3) is 11.2 Å². The molecule has 2 aromatic heterocycles. The molecule has 0 bridgehead atoms. The van der Waals surface area contributed by atoms with Crippen molar-refractivity contribution in [2.75, 3.05) is 18.5 Å². The van der Waals surface area contributed by atoms with Gasteiger partial charge in [-0.25, -0.2) is 15.0 Å². The lowest BCUT2D eigenvalue weighted by molar-refractivity contribution is -0.240. The number of benzene rings is 1. The number of amides is 1. The first-order chi connectivity index (χ1) is 18.5. The van der Waals surface area contributed by atoms with E-state index in [1.165, 1.54) is 6.33 Å². The largest absolute Gasteiger partial charge is 0.416 e. The number of fused-ring (bicyclic) bond motifs is 1. The van der Waals surface area contributed by atoms with Gasteiger partial charge in [-0.3, -0.25) is 9.36 Å². The van der Waals surface area contributed by atoms with E-state index in [9.17, 15) is 4.79 Å². The quantitative estimate of drug-likeness (QED) is 0.282. The predicted molar refractivity (Wildman–Crippen MR) is 163 cm³/mol. The van der Waals surface area contributed by atoms with Crippen molar-refractivity contribution in [3.63, 3.8) is 0 Å². The van der Waals surface area contributed by atoms with Gasteiger partial charge in [0.1, 0.15) is 12.6 Å². The zero-order valence-electron chi connectivity index (χ0n) is 25.6. The second-order valence-corrected chi connectivity index (χ2v) is 23.4. The molecule has 1 aromatic carbocycles. The third-order valence-electron chi connectivity index (χ3n) is 8.92. The minimum absolute atomic E-state index is 0.0635.